The lowest BCUT2D eigenvalue weighted by molar-refractivity contribution is -0.385. The van der Waals surface area contributed by atoms with Crippen molar-refractivity contribution in [1.29, 1.82) is 5.26 Å². The molecular formula is C68H68F4N2O4S. The van der Waals surface area contributed by atoms with Gasteiger partial charge in [0.25, 0.3) is 5.69 Å². The molecule has 5 aliphatic carbocycles. The molecule has 0 N–H and O–H groups in total. The molecule has 0 bridgehead atoms. The summed E-state index contributed by atoms with van der Waals surface area (Å²) >= 11 is 0. The number of alkyl halides is 3. The predicted molar refractivity (Wildman–Crippen MR) is 306 cm³/mol. The van der Waals surface area contributed by atoms with E-state index in [4.69, 9.17) is 5.26 Å². The van der Waals surface area contributed by atoms with Crippen LogP contribution in [0.2, 0.25) is 0 Å². The van der Waals surface area contributed by atoms with Gasteiger partial charge in [-0.2, -0.15) is 18.4 Å². The summed E-state index contributed by atoms with van der Waals surface area (Å²) in [5, 5.41) is 19.6. The Labute approximate surface area is 466 Å². The van der Waals surface area contributed by atoms with E-state index in [1.165, 1.54) is 108 Å². The molecular weight excluding hydrogens is 1020 g/mol. The minimum atomic E-state index is -4.32. The molecule has 5 saturated carbocycles. The first-order valence-electron chi connectivity index (χ1n) is 27.7. The van der Waals surface area contributed by atoms with Gasteiger partial charge in [0, 0.05) is 58.6 Å². The largest absolute Gasteiger partial charge is 0.417 e. The summed E-state index contributed by atoms with van der Waals surface area (Å²) in [5.74, 6) is 32.4. The molecule has 0 heterocycles. The molecule has 5 aromatic rings. The number of nitro benzene ring substituents is 1. The van der Waals surface area contributed by atoms with Gasteiger partial charge in [-0.25, -0.2) is 12.8 Å². The van der Waals surface area contributed by atoms with E-state index in [0.29, 0.717) is 50.8 Å². The molecule has 0 amide bonds. The van der Waals surface area contributed by atoms with E-state index in [-0.39, 0.29) is 27.9 Å². The second kappa shape index (κ2) is 31.8. The number of sulfone groups is 1. The number of rotatable bonds is 2. The standard InChI is InChI=1S/C14H13F3.C14H13N.C14H16O2S.C13H13F.C13H13NO2/c15-14(16,17)13-8-4-3-7-12(13)10-9-11-5-1-2-6-11;15-11-14-8-4-3-7-13(14)10-9-12-5-1-2-6-12;1-17(15,16)14-9-5-4-8-13(14)11-10-12-6-2-3-7-12;14-13-8-4-3-7-12(13)10-9-11-5-1-2-6-11;15-14(16)13-8-4-3-7-12(13)10-9-11-5-1-2-6-11/h3-4,7-8,11H,1-2,5-6H2;3-4,7-8,12H,1-2,5-6H2;4-5,8-9,12H,2-3,6-7H2,1H3;3-4,7-8,11H,1-2,5-6H2;3-4,7-8,11H,1-2,5-6H2. The normalized spacial score (nSPS) is 16.1. The number of nitro groups is 1. The Morgan fingerprint density at radius 3 is 1.19 bits per heavy atom. The maximum absolute atomic E-state index is 13.2. The van der Waals surface area contributed by atoms with Gasteiger partial charge in [0.05, 0.1) is 26.5 Å². The number of para-hydroxylation sites is 1. The minimum Gasteiger partial charge on any atom is -0.258 e. The molecule has 10 rings (SSSR count). The van der Waals surface area contributed by atoms with Crippen molar-refractivity contribution in [2.45, 2.75) is 139 Å². The fourth-order valence-corrected chi connectivity index (χ4v) is 10.8. The highest BCUT2D eigenvalue weighted by Gasteiger charge is 2.32. The molecule has 6 nitrogen and oxygen atoms in total. The summed E-state index contributed by atoms with van der Waals surface area (Å²) in [6, 6.07) is 35.5. The highest BCUT2D eigenvalue weighted by Crippen LogP contribution is 2.32. The predicted octanol–water partition coefficient (Wildman–Crippen LogP) is 16.5. The fraction of sp³-hybridized carbons (Fsp3) is 0.397. The quantitative estimate of drug-likeness (QED) is 0.0759. The van der Waals surface area contributed by atoms with Crippen molar-refractivity contribution >= 4 is 15.5 Å². The number of nitriles is 1. The van der Waals surface area contributed by atoms with E-state index in [1.54, 1.807) is 54.6 Å². The molecule has 0 aromatic heterocycles. The summed E-state index contributed by atoms with van der Waals surface area (Å²) in [4.78, 5) is 10.7. The van der Waals surface area contributed by atoms with Crippen LogP contribution in [0.4, 0.5) is 23.2 Å². The van der Waals surface area contributed by atoms with Crippen LogP contribution in [0.5, 0.6) is 0 Å². The number of benzene rings is 5. The van der Waals surface area contributed by atoms with E-state index >= 15 is 0 Å². The van der Waals surface area contributed by atoms with Gasteiger partial charge in [-0.15, -0.1) is 0 Å². The summed E-state index contributed by atoms with van der Waals surface area (Å²) in [6.45, 7) is 0. The number of hydrogen-bond acceptors (Lipinski definition) is 5. The molecule has 0 aliphatic heterocycles. The van der Waals surface area contributed by atoms with Crippen molar-refractivity contribution in [1.82, 2.24) is 0 Å². The fourth-order valence-electron chi connectivity index (χ4n) is 9.97. The van der Waals surface area contributed by atoms with Crippen LogP contribution in [0, 0.1) is 116 Å². The van der Waals surface area contributed by atoms with Gasteiger partial charge in [-0.1, -0.05) is 184 Å². The number of nitrogens with zero attached hydrogens (tertiary/aromatic N) is 2. The van der Waals surface area contributed by atoms with Crippen molar-refractivity contribution in [3.05, 3.63) is 176 Å². The van der Waals surface area contributed by atoms with Crippen molar-refractivity contribution in [3.8, 4) is 65.3 Å². The van der Waals surface area contributed by atoms with Crippen LogP contribution < -0.4 is 0 Å². The molecule has 5 aliphatic rings. The first-order chi connectivity index (χ1) is 38.2. The van der Waals surface area contributed by atoms with E-state index < -0.39 is 21.6 Å². The van der Waals surface area contributed by atoms with Crippen LogP contribution in [0.1, 0.15) is 167 Å². The van der Waals surface area contributed by atoms with Crippen molar-refractivity contribution < 1.29 is 30.9 Å². The average molecular weight is 1090 g/mol. The zero-order chi connectivity index (χ0) is 56.3. The number of halogens is 4. The lowest BCUT2D eigenvalue weighted by Gasteiger charge is -2.08. The van der Waals surface area contributed by atoms with Gasteiger partial charge in [0.1, 0.15) is 17.4 Å². The molecule has 0 radical (unpaired) electrons. The highest BCUT2D eigenvalue weighted by molar-refractivity contribution is 7.90. The monoisotopic (exact) mass is 1080 g/mol. The zero-order valence-electron chi connectivity index (χ0n) is 45.0. The van der Waals surface area contributed by atoms with Crippen LogP contribution in [-0.4, -0.2) is 19.6 Å². The molecule has 0 unspecified atom stereocenters. The lowest BCUT2D eigenvalue weighted by atomic mass is 10.0. The van der Waals surface area contributed by atoms with Crippen LogP contribution in [0.25, 0.3) is 0 Å². The van der Waals surface area contributed by atoms with Crippen LogP contribution in [-0.2, 0) is 16.0 Å². The molecule has 0 saturated heterocycles. The third-order valence-corrected chi connectivity index (χ3v) is 15.5. The lowest BCUT2D eigenvalue weighted by Crippen LogP contribution is -2.07. The molecule has 11 heteroatoms. The van der Waals surface area contributed by atoms with Gasteiger partial charge in [0.2, 0.25) is 0 Å². The molecule has 5 aromatic carbocycles. The van der Waals surface area contributed by atoms with E-state index in [2.05, 4.69) is 65.3 Å². The SMILES string of the molecule is CS(=O)(=O)c1ccccc1C#CC1CCCC1.FC(F)(F)c1ccccc1C#CC1CCCC1.Fc1ccccc1C#CC1CCCC1.N#Cc1ccccc1C#CC1CCCC1.O=[N+]([O-])c1ccccc1C#CC1CCCC1. The van der Waals surface area contributed by atoms with Gasteiger partial charge in [-0.05, 0) is 119 Å². The molecule has 0 atom stereocenters. The molecule has 0 spiro atoms. The van der Waals surface area contributed by atoms with Crippen LogP contribution in [0.3, 0.4) is 0 Å². The summed E-state index contributed by atoms with van der Waals surface area (Å²) in [6.07, 6.45) is 20.7. The van der Waals surface area contributed by atoms with E-state index in [1.807, 2.05) is 36.4 Å². The topological polar surface area (TPSA) is 101 Å². The average Bonchev–Trinajstić information content (AvgIpc) is 4.34. The van der Waals surface area contributed by atoms with Gasteiger partial charge in [-0.3, -0.25) is 10.1 Å². The van der Waals surface area contributed by atoms with Gasteiger partial charge in [0.15, 0.2) is 9.84 Å². The van der Waals surface area contributed by atoms with E-state index in [9.17, 15) is 36.1 Å². The molecule has 5 fully saturated rings. The van der Waals surface area contributed by atoms with E-state index in [0.717, 1.165) is 63.0 Å². The highest BCUT2D eigenvalue weighted by atomic mass is 32.2. The summed E-state index contributed by atoms with van der Waals surface area (Å²) < 4.78 is 74.4. The second-order valence-electron chi connectivity index (χ2n) is 20.5. The third-order valence-electron chi connectivity index (χ3n) is 14.4. The minimum absolute atomic E-state index is 0.0897. The Balaban J connectivity index is 0.000000160. The second-order valence-corrected chi connectivity index (χ2v) is 22.5. The van der Waals surface area contributed by atoms with Gasteiger partial charge < -0.3 is 0 Å². The zero-order valence-corrected chi connectivity index (χ0v) is 45.8. The van der Waals surface area contributed by atoms with Crippen LogP contribution in [0.15, 0.2) is 126 Å². The maximum Gasteiger partial charge on any atom is 0.417 e. The first kappa shape index (κ1) is 60.7. The Bertz CT molecular complexity index is 3290. The Morgan fingerprint density at radius 1 is 0.456 bits per heavy atom. The first-order valence-corrected chi connectivity index (χ1v) is 29.6. The van der Waals surface area contributed by atoms with Crippen molar-refractivity contribution in [2.75, 3.05) is 6.26 Å². The van der Waals surface area contributed by atoms with Crippen molar-refractivity contribution in [3.63, 3.8) is 0 Å². The van der Waals surface area contributed by atoms with Gasteiger partial charge >= 0.3 is 6.18 Å². The Morgan fingerprint density at radius 2 is 0.772 bits per heavy atom. The maximum atomic E-state index is 13.2. The van der Waals surface area contributed by atoms with Crippen molar-refractivity contribution in [2.24, 2.45) is 29.6 Å². The van der Waals surface area contributed by atoms with Crippen LogP contribution >= 0.6 is 0 Å². The Hall–Kier alpha value is -7.54. The summed E-state index contributed by atoms with van der Waals surface area (Å²) in [5.41, 5.74) is 2.79. The third kappa shape index (κ3) is 21.0. The Kier molecular flexibility index (Phi) is 24.4. The molecule has 408 valence electrons. The molecule has 79 heavy (non-hydrogen) atoms. The smallest absolute Gasteiger partial charge is 0.258 e. The summed E-state index contributed by atoms with van der Waals surface area (Å²) in [7, 11) is -3.18. The number of hydrogen-bond donors (Lipinski definition) is 0.